The quantitative estimate of drug-likeness (QED) is 0.135. The molecule has 9 heteroatoms. The second-order valence-corrected chi connectivity index (χ2v) is 15.9. The molecule has 0 atom stereocenters. The van der Waals surface area contributed by atoms with Gasteiger partial charge in [0.1, 0.15) is 0 Å². The van der Waals surface area contributed by atoms with Crippen molar-refractivity contribution in [3.05, 3.63) is 218 Å². The first kappa shape index (κ1) is 37.6. The summed E-state index contributed by atoms with van der Waals surface area (Å²) in [4.78, 5) is 35.2. The van der Waals surface area contributed by atoms with Gasteiger partial charge < -0.3 is 4.90 Å². The Morgan fingerprint density at radius 3 is 0.905 bits per heavy atom. The van der Waals surface area contributed by atoms with Crippen molar-refractivity contribution in [2.24, 2.45) is 0 Å². The summed E-state index contributed by atoms with van der Waals surface area (Å²) in [5.74, 6) is 2.84. The smallest absolute Gasteiger partial charge is 0.241 e. The van der Waals surface area contributed by atoms with E-state index in [2.05, 4.69) is 89.8 Å². The fraction of sp³-hybridized carbons (Fsp3) is 0. The lowest BCUT2D eigenvalue weighted by molar-refractivity contribution is 0.965. The maximum absolute atomic E-state index is 5.22. The lowest BCUT2D eigenvalue weighted by Gasteiger charge is -2.25. The highest BCUT2D eigenvalue weighted by molar-refractivity contribution is 7.25. The number of fused-ring (bicyclic) bond motifs is 3. The van der Waals surface area contributed by atoms with Gasteiger partial charge in [0, 0.05) is 59.5 Å². The van der Waals surface area contributed by atoms with Gasteiger partial charge >= 0.3 is 0 Å². The molecule has 0 aliphatic rings. The van der Waals surface area contributed by atoms with E-state index >= 15 is 0 Å². The minimum Gasteiger partial charge on any atom is -0.310 e. The van der Waals surface area contributed by atoms with Crippen molar-refractivity contribution < 1.29 is 0 Å². The molecule has 3 aromatic heterocycles. The second kappa shape index (κ2) is 16.6. The van der Waals surface area contributed by atoms with E-state index in [1.807, 2.05) is 138 Å². The van der Waals surface area contributed by atoms with E-state index in [1.165, 1.54) is 4.70 Å². The van der Waals surface area contributed by atoms with E-state index < -0.39 is 0 Å². The molecule has 8 aromatic carbocycles. The summed E-state index contributed by atoms with van der Waals surface area (Å²) in [7, 11) is 0. The number of aromatic nitrogens is 6. The van der Waals surface area contributed by atoms with Crippen LogP contribution in [0.4, 0.5) is 34.6 Å². The van der Waals surface area contributed by atoms with Crippen LogP contribution >= 0.6 is 11.3 Å². The molecule has 0 saturated heterocycles. The summed E-state index contributed by atoms with van der Waals surface area (Å²) in [5, 5.41) is 2.21. The number of anilines is 6. The van der Waals surface area contributed by atoms with Crippen LogP contribution in [0.25, 0.3) is 65.7 Å². The normalized spacial score (nSPS) is 11.2. The molecule has 0 saturated carbocycles. The Hall–Kier alpha value is -8.40. The van der Waals surface area contributed by atoms with Crippen LogP contribution in [-0.4, -0.2) is 29.9 Å². The van der Waals surface area contributed by atoms with Gasteiger partial charge in [0.25, 0.3) is 0 Å². The van der Waals surface area contributed by atoms with Gasteiger partial charge in [-0.15, -0.1) is 11.3 Å². The van der Waals surface area contributed by atoms with Crippen molar-refractivity contribution in [2.45, 2.75) is 0 Å². The Labute approximate surface area is 368 Å². The van der Waals surface area contributed by atoms with Gasteiger partial charge in [-0.1, -0.05) is 158 Å². The Bertz CT molecular complexity index is 3050. The number of nitrogens with zero attached hydrogens (tertiary/aromatic N) is 8. The zero-order valence-corrected chi connectivity index (χ0v) is 34.6. The highest BCUT2D eigenvalue weighted by Crippen LogP contribution is 2.43. The van der Waals surface area contributed by atoms with Crippen LogP contribution < -0.4 is 9.80 Å². The lowest BCUT2D eigenvalue weighted by atomic mass is 10.1. The zero-order valence-electron chi connectivity index (χ0n) is 33.8. The molecule has 0 radical (unpaired) electrons. The fourth-order valence-electron chi connectivity index (χ4n) is 7.75. The van der Waals surface area contributed by atoms with Crippen molar-refractivity contribution in [1.82, 2.24) is 29.9 Å². The highest BCUT2D eigenvalue weighted by atomic mass is 32.1. The topological polar surface area (TPSA) is 83.8 Å². The molecule has 298 valence electrons. The first-order valence-corrected chi connectivity index (χ1v) is 21.4. The number of rotatable bonds is 10. The molecule has 0 unspecified atom stereocenters. The standard InChI is InChI=1S/C54H36N8S/c1-7-19-37(20-8-1)49-55-50(38-21-9-2-10-22-38)58-53(57-49)62(54-59-51(39-23-11-3-12-24-39)56-52(60-54)40-25-13-4-14-26-40)44-32-34-48-46(36-44)45-35-43(31-33-47(45)63-48)61(41-27-15-5-16-28-41)42-29-17-6-18-30-42/h1-36H. The van der Waals surface area contributed by atoms with Crippen LogP contribution in [0.3, 0.4) is 0 Å². The summed E-state index contributed by atoms with van der Waals surface area (Å²) in [6, 6.07) is 74.1. The number of hydrogen-bond donors (Lipinski definition) is 0. The first-order valence-electron chi connectivity index (χ1n) is 20.6. The number of para-hydroxylation sites is 2. The molecule has 0 N–H and O–H groups in total. The predicted molar refractivity (Wildman–Crippen MR) is 257 cm³/mol. The molecule has 0 fully saturated rings. The summed E-state index contributed by atoms with van der Waals surface area (Å²) < 4.78 is 2.32. The van der Waals surface area contributed by atoms with Crippen LogP contribution in [0, 0.1) is 0 Å². The first-order chi connectivity index (χ1) is 31.2. The van der Waals surface area contributed by atoms with Crippen LogP contribution in [-0.2, 0) is 0 Å². The Kier molecular flexibility index (Phi) is 9.89. The molecular formula is C54H36N8S. The van der Waals surface area contributed by atoms with Gasteiger partial charge in [0.15, 0.2) is 23.3 Å². The van der Waals surface area contributed by atoms with Crippen LogP contribution in [0.1, 0.15) is 0 Å². The van der Waals surface area contributed by atoms with Gasteiger partial charge in [-0.3, -0.25) is 0 Å². The molecule has 0 spiro atoms. The largest absolute Gasteiger partial charge is 0.310 e. The average Bonchev–Trinajstić information content (AvgIpc) is 3.73. The van der Waals surface area contributed by atoms with Gasteiger partial charge in [-0.05, 0) is 60.7 Å². The van der Waals surface area contributed by atoms with Gasteiger partial charge in [0.05, 0.1) is 5.69 Å². The average molecular weight is 829 g/mol. The molecule has 3 heterocycles. The molecule has 0 aliphatic heterocycles. The monoisotopic (exact) mass is 828 g/mol. The molecule has 0 amide bonds. The van der Waals surface area contributed by atoms with Gasteiger partial charge in [0.2, 0.25) is 11.9 Å². The molecule has 63 heavy (non-hydrogen) atoms. The van der Waals surface area contributed by atoms with Crippen molar-refractivity contribution in [1.29, 1.82) is 0 Å². The number of thiophene rings is 1. The van der Waals surface area contributed by atoms with E-state index in [-0.39, 0.29) is 0 Å². The Balaban J connectivity index is 1.16. The van der Waals surface area contributed by atoms with Crippen molar-refractivity contribution >= 4 is 66.2 Å². The van der Waals surface area contributed by atoms with E-state index in [0.717, 1.165) is 60.5 Å². The van der Waals surface area contributed by atoms with E-state index in [0.29, 0.717) is 35.2 Å². The van der Waals surface area contributed by atoms with Crippen molar-refractivity contribution in [3.8, 4) is 45.6 Å². The van der Waals surface area contributed by atoms with Gasteiger partial charge in [-0.2, -0.15) is 19.9 Å². The highest BCUT2D eigenvalue weighted by Gasteiger charge is 2.25. The molecule has 8 nitrogen and oxygen atoms in total. The SMILES string of the molecule is c1ccc(-c2nc(-c3ccccc3)nc(N(c3ccc4sc5ccc(N(c6ccccc6)c6ccccc6)cc5c4c3)c3nc(-c4ccccc4)nc(-c4ccccc4)n3)n2)cc1. The van der Waals surface area contributed by atoms with E-state index in [4.69, 9.17) is 29.9 Å². The predicted octanol–water partition coefficient (Wildman–Crippen LogP) is 14.0. The minimum atomic E-state index is 0.367. The summed E-state index contributed by atoms with van der Waals surface area (Å²) in [5.41, 5.74) is 7.42. The number of benzene rings is 8. The number of hydrogen-bond acceptors (Lipinski definition) is 9. The minimum absolute atomic E-state index is 0.367. The molecule has 0 bridgehead atoms. The second-order valence-electron chi connectivity index (χ2n) is 14.8. The third-order valence-electron chi connectivity index (χ3n) is 10.8. The van der Waals surface area contributed by atoms with Gasteiger partial charge in [-0.25, -0.2) is 14.9 Å². The zero-order chi connectivity index (χ0) is 42.0. The maximum Gasteiger partial charge on any atom is 0.241 e. The lowest BCUT2D eigenvalue weighted by Crippen LogP contribution is -2.19. The van der Waals surface area contributed by atoms with Crippen LogP contribution in [0.2, 0.25) is 0 Å². The third-order valence-corrected chi connectivity index (χ3v) is 11.9. The van der Waals surface area contributed by atoms with E-state index in [9.17, 15) is 0 Å². The molecule has 0 aliphatic carbocycles. The fourth-order valence-corrected chi connectivity index (χ4v) is 8.81. The molecular weight excluding hydrogens is 793 g/mol. The summed E-state index contributed by atoms with van der Waals surface area (Å²) in [6.07, 6.45) is 0. The van der Waals surface area contributed by atoms with Crippen LogP contribution in [0.15, 0.2) is 218 Å². The van der Waals surface area contributed by atoms with E-state index in [1.54, 1.807) is 11.3 Å². The maximum atomic E-state index is 5.22. The van der Waals surface area contributed by atoms with Crippen molar-refractivity contribution in [2.75, 3.05) is 9.80 Å². The Morgan fingerprint density at radius 1 is 0.270 bits per heavy atom. The van der Waals surface area contributed by atoms with Crippen molar-refractivity contribution in [3.63, 3.8) is 0 Å². The summed E-state index contributed by atoms with van der Waals surface area (Å²) >= 11 is 1.77. The summed E-state index contributed by atoms with van der Waals surface area (Å²) in [6.45, 7) is 0. The molecule has 11 rings (SSSR count). The van der Waals surface area contributed by atoms with Crippen LogP contribution in [0.5, 0.6) is 0 Å². The Morgan fingerprint density at radius 2 is 0.571 bits per heavy atom. The molecule has 11 aromatic rings. The third kappa shape index (κ3) is 7.54.